The third-order valence-corrected chi connectivity index (χ3v) is 3.77. The molecule has 6 heteroatoms. The van der Waals surface area contributed by atoms with Gasteiger partial charge in [-0.2, -0.15) is 0 Å². The summed E-state index contributed by atoms with van der Waals surface area (Å²) in [6.45, 7) is 8.89. The fourth-order valence-corrected chi connectivity index (χ4v) is 2.28. The number of hydrogen-bond donors (Lipinski definition) is 2. The molecule has 0 bridgehead atoms. The highest BCUT2D eigenvalue weighted by Crippen LogP contribution is 2.28. The van der Waals surface area contributed by atoms with Gasteiger partial charge in [-0.3, -0.25) is 4.79 Å². The lowest BCUT2D eigenvalue weighted by Gasteiger charge is -2.27. The van der Waals surface area contributed by atoms with Crippen LogP contribution in [0.25, 0.3) is 0 Å². The van der Waals surface area contributed by atoms with Crippen molar-refractivity contribution in [1.82, 2.24) is 5.32 Å². The Balaban J connectivity index is 2.91. The first-order valence-electron chi connectivity index (χ1n) is 7.92. The Morgan fingerprint density at radius 1 is 1.29 bits per heavy atom. The first kappa shape index (κ1) is 20.0. The van der Waals surface area contributed by atoms with E-state index in [0.29, 0.717) is 5.75 Å². The molecule has 6 nitrogen and oxygen atoms in total. The van der Waals surface area contributed by atoms with Crippen molar-refractivity contribution in [2.24, 2.45) is 0 Å². The van der Waals surface area contributed by atoms with Gasteiger partial charge in [-0.05, 0) is 43.9 Å². The van der Waals surface area contributed by atoms with Crippen LogP contribution in [0.5, 0.6) is 5.75 Å². The Kier molecular flexibility index (Phi) is 6.78. The topological polar surface area (TPSA) is 84.9 Å². The maximum absolute atomic E-state index is 12.4. The van der Waals surface area contributed by atoms with Gasteiger partial charge in [-0.1, -0.05) is 26.0 Å². The lowest BCUT2D eigenvalue weighted by molar-refractivity contribution is -0.150. The molecule has 0 aliphatic heterocycles. The number of hydrogen-bond acceptors (Lipinski definition) is 4. The van der Waals surface area contributed by atoms with Crippen LogP contribution >= 0.6 is 0 Å². The highest BCUT2D eigenvalue weighted by atomic mass is 16.5. The van der Waals surface area contributed by atoms with Gasteiger partial charge in [0.25, 0.3) is 5.91 Å². The number of methoxy groups -OCH3 is 1. The van der Waals surface area contributed by atoms with E-state index >= 15 is 0 Å². The molecular formula is C18H27NO5. The van der Waals surface area contributed by atoms with Crippen molar-refractivity contribution < 1.29 is 24.2 Å². The molecule has 134 valence electrons. The number of carboxylic acids is 1. The molecule has 1 aromatic carbocycles. The molecule has 2 atom stereocenters. The SMILES string of the molecule is COCC(C)(NC(=O)C(C)Oc1cc(C)ccc1C(C)C)C(=O)O. The highest BCUT2D eigenvalue weighted by Gasteiger charge is 2.36. The van der Waals surface area contributed by atoms with Crippen LogP contribution in [0.4, 0.5) is 0 Å². The second-order valence-electron chi connectivity index (χ2n) is 6.52. The van der Waals surface area contributed by atoms with E-state index in [1.807, 2.05) is 39.0 Å². The van der Waals surface area contributed by atoms with Crippen LogP contribution in [0.15, 0.2) is 18.2 Å². The van der Waals surface area contributed by atoms with Gasteiger partial charge in [0.2, 0.25) is 0 Å². The van der Waals surface area contributed by atoms with Crippen LogP contribution in [-0.2, 0) is 14.3 Å². The standard InChI is InChI=1S/C18H27NO5/c1-11(2)14-8-7-12(3)9-15(14)24-13(4)16(20)19-18(5,10-23-6)17(21)22/h7-9,11,13H,10H2,1-6H3,(H,19,20)(H,21,22). The number of carboxylic acid groups (broad SMARTS) is 1. The average Bonchev–Trinajstić information content (AvgIpc) is 2.46. The van der Waals surface area contributed by atoms with Crippen molar-refractivity contribution in [1.29, 1.82) is 0 Å². The second-order valence-corrected chi connectivity index (χ2v) is 6.52. The zero-order chi connectivity index (χ0) is 18.5. The molecule has 2 unspecified atom stereocenters. The Morgan fingerprint density at radius 3 is 2.42 bits per heavy atom. The van der Waals surface area contributed by atoms with Crippen LogP contribution in [0.1, 0.15) is 44.7 Å². The molecule has 0 radical (unpaired) electrons. The van der Waals surface area contributed by atoms with E-state index in [0.717, 1.165) is 11.1 Å². The van der Waals surface area contributed by atoms with Crippen LogP contribution in [-0.4, -0.2) is 42.3 Å². The zero-order valence-corrected chi connectivity index (χ0v) is 15.2. The molecule has 0 aliphatic carbocycles. The fourth-order valence-electron chi connectivity index (χ4n) is 2.28. The number of aryl methyl sites for hydroxylation is 1. The second kappa shape index (κ2) is 8.15. The predicted molar refractivity (Wildman–Crippen MR) is 91.4 cm³/mol. The minimum atomic E-state index is -1.50. The molecule has 1 rings (SSSR count). The van der Waals surface area contributed by atoms with Gasteiger partial charge in [-0.25, -0.2) is 4.79 Å². The van der Waals surface area contributed by atoms with Crippen molar-refractivity contribution in [2.45, 2.75) is 52.2 Å². The number of benzene rings is 1. The van der Waals surface area contributed by atoms with E-state index in [1.165, 1.54) is 14.0 Å². The maximum atomic E-state index is 12.4. The molecule has 1 amide bonds. The summed E-state index contributed by atoms with van der Waals surface area (Å²) in [5.41, 5.74) is 0.520. The smallest absolute Gasteiger partial charge is 0.331 e. The third kappa shape index (κ3) is 4.96. The van der Waals surface area contributed by atoms with Gasteiger partial charge < -0.3 is 19.9 Å². The summed E-state index contributed by atoms with van der Waals surface area (Å²) < 4.78 is 10.7. The molecule has 0 spiro atoms. The number of carbonyl (C=O) groups excluding carboxylic acids is 1. The first-order valence-corrected chi connectivity index (χ1v) is 7.92. The quantitative estimate of drug-likeness (QED) is 0.761. The Morgan fingerprint density at radius 2 is 1.92 bits per heavy atom. The van der Waals surface area contributed by atoms with E-state index in [2.05, 4.69) is 5.32 Å². The molecule has 0 aromatic heterocycles. The van der Waals surface area contributed by atoms with Gasteiger partial charge in [0, 0.05) is 7.11 Å². The number of carbonyl (C=O) groups is 2. The average molecular weight is 337 g/mol. The summed E-state index contributed by atoms with van der Waals surface area (Å²) in [5.74, 6) is -0.790. The number of nitrogens with one attached hydrogen (secondary N) is 1. The summed E-state index contributed by atoms with van der Waals surface area (Å²) in [6, 6.07) is 5.85. The van der Waals surface area contributed by atoms with Gasteiger partial charge in [0.1, 0.15) is 5.75 Å². The van der Waals surface area contributed by atoms with E-state index < -0.39 is 23.5 Å². The van der Waals surface area contributed by atoms with Crippen LogP contribution in [0, 0.1) is 6.92 Å². The molecule has 0 heterocycles. The summed E-state index contributed by atoms with van der Waals surface area (Å²) in [5, 5.41) is 11.8. The molecular weight excluding hydrogens is 310 g/mol. The fraction of sp³-hybridized carbons (Fsp3) is 0.556. The number of rotatable bonds is 8. The van der Waals surface area contributed by atoms with E-state index in [1.54, 1.807) is 6.92 Å². The molecule has 0 saturated heterocycles. The monoisotopic (exact) mass is 337 g/mol. The molecule has 24 heavy (non-hydrogen) atoms. The minimum absolute atomic E-state index is 0.136. The Bertz CT molecular complexity index is 599. The largest absolute Gasteiger partial charge is 0.481 e. The van der Waals surface area contributed by atoms with Gasteiger partial charge in [0.15, 0.2) is 11.6 Å². The summed E-state index contributed by atoms with van der Waals surface area (Å²) in [7, 11) is 1.38. The maximum Gasteiger partial charge on any atom is 0.331 e. The van der Waals surface area contributed by atoms with Gasteiger partial charge >= 0.3 is 5.97 Å². The number of aliphatic carboxylic acids is 1. The van der Waals surface area contributed by atoms with E-state index in [4.69, 9.17) is 9.47 Å². The lowest BCUT2D eigenvalue weighted by atomic mass is 10.0. The summed E-state index contributed by atoms with van der Waals surface area (Å²) >= 11 is 0. The summed E-state index contributed by atoms with van der Waals surface area (Å²) in [4.78, 5) is 23.7. The van der Waals surface area contributed by atoms with Crippen LogP contribution in [0.3, 0.4) is 0 Å². The molecule has 0 aliphatic rings. The Labute approximate surface area is 143 Å². The molecule has 0 fully saturated rings. The van der Waals surface area contributed by atoms with Crippen LogP contribution in [0.2, 0.25) is 0 Å². The molecule has 2 N–H and O–H groups in total. The van der Waals surface area contributed by atoms with Gasteiger partial charge in [-0.15, -0.1) is 0 Å². The van der Waals surface area contributed by atoms with Crippen molar-refractivity contribution in [3.05, 3.63) is 29.3 Å². The Hall–Kier alpha value is -2.08. The summed E-state index contributed by atoms with van der Waals surface area (Å²) in [6.07, 6.45) is -0.833. The van der Waals surface area contributed by atoms with E-state index in [9.17, 15) is 14.7 Å². The predicted octanol–water partition coefficient (Wildman–Crippen LogP) is 2.49. The zero-order valence-electron chi connectivity index (χ0n) is 15.2. The van der Waals surface area contributed by atoms with E-state index in [-0.39, 0.29) is 12.5 Å². The lowest BCUT2D eigenvalue weighted by Crippen LogP contribution is -2.57. The first-order chi connectivity index (χ1) is 11.1. The highest BCUT2D eigenvalue weighted by molar-refractivity contribution is 5.89. The van der Waals surface area contributed by atoms with Crippen molar-refractivity contribution in [2.75, 3.05) is 13.7 Å². The van der Waals surface area contributed by atoms with Crippen molar-refractivity contribution >= 4 is 11.9 Å². The van der Waals surface area contributed by atoms with Crippen molar-refractivity contribution in [3.8, 4) is 5.75 Å². The third-order valence-electron chi connectivity index (χ3n) is 3.77. The minimum Gasteiger partial charge on any atom is -0.481 e. The number of ether oxygens (including phenoxy) is 2. The number of amides is 1. The normalized spacial score (nSPS) is 14.8. The van der Waals surface area contributed by atoms with Crippen molar-refractivity contribution in [3.63, 3.8) is 0 Å². The van der Waals surface area contributed by atoms with Crippen LogP contribution < -0.4 is 10.1 Å². The molecule has 0 saturated carbocycles. The molecule has 1 aromatic rings. The van der Waals surface area contributed by atoms with Gasteiger partial charge in [0.05, 0.1) is 6.61 Å².